The molecule has 1 amide bonds. The summed E-state index contributed by atoms with van der Waals surface area (Å²) in [4.78, 5) is 34.8. The van der Waals surface area contributed by atoms with Crippen molar-refractivity contribution in [3.8, 4) is 5.75 Å². The van der Waals surface area contributed by atoms with E-state index in [-0.39, 0.29) is 11.7 Å². The lowest BCUT2D eigenvalue weighted by Crippen LogP contribution is -2.36. The highest BCUT2D eigenvalue weighted by molar-refractivity contribution is 7.22. The summed E-state index contributed by atoms with van der Waals surface area (Å²) in [5, 5.41) is 0.624. The number of hydrogen-bond donors (Lipinski definition) is 0. The van der Waals surface area contributed by atoms with Gasteiger partial charge in [-0.25, -0.2) is 4.98 Å². The number of fused-ring (bicyclic) bond motifs is 1. The number of ether oxygens (including phenoxy) is 1. The van der Waals surface area contributed by atoms with Crippen LogP contribution in [0.3, 0.4) is 0 Å². The number of para-hydroxylation sites is 1. The molecule has 0 unspecified atom stereocenters. The zero-order chi connectivity index (χ0) is 24.1. The van der Waals surface area contributed by atoms with Crippen LogP contribution in [0.1, 0.15) is 33.2 Å². The molecule has 3 aromatic carbocycles. The summed E-state index contributed by atoms with van der Waals surface area (Å²) < 4.78 is 6.69. The highest BCUT2D eigenvalue weighted by Crippen LogP contribution is 2.34. The van der Waals surface area contributed by atoms with E-state index in [1.807, 2.05) is 62.3 Å². The molecule has 7 heteroatoms. The standard InChI is InChI=1S/C27H27N3O3S/c1-4-33-22-11-8-12-23-24(22)28-27(34-23)30(18-17-29(2)3)26(32)21-15-13-20(14-16-21)25(31)19-9-6-5-7-10-19/h5-16H,4,17-18H2,1-3H3. The Hall–Kier alpha value is -3.55. The third-order valence-electron chi connectivity index (χ3n) is 5.35. The Morgan fingerprint density at radius 2 is 1.53 bits per heavy atom. The molecule has 6 nitrogen and oxygen atoms in total. The van der Waals surface area contributed by atoms with Crippen molar-refractivity contribution in [2.45, 2.75) is 6.92 Å². The van der Waals surface area contributed by atoms with E-state index >= 15 is 0 Å². The maximum absolute atomic E-state index is 13.6. The summed E-state index contributed by atoms with van der Waals surface area (Å²) in [7, 11) is 3.94. The molecule has 0 saturated carbocycles. The molecule has 0 saturated heterocycles. The van der Waals surface area contributed by atoms with Crippen molar-refractivity contribution in [2.75, 3.05) is 38.7 Å². The normalized spacial score (nSPS) is 11.1. The number of thiazole rings is 1. The molecule has 34 heavy (non-hydrogen) atoms. The number of nitrogens with zero attached hydrogens (tertiary/aromatic N) is 3. The van der Waals surface area contributed by atoms with Crippen LogP contribution in [0.25, 0.3) is 10.2 Å². The van der Waals surface area contributed by atoms with Crippen molar-refractivity contribution in [1.82, 2.24) is 9.88 Å². The van der Waals surface area contributed by atoms with Crippen molar-refractivity contribution >= 4 is 38.4 Å². The lowest BCUT2D eigenvalue weighted by atomic mass is 10.0. The van der Waals surface area contributed by atoms with Crippen molar-refractivity contribution in [1.29, 1.82) is 0 Å². The number of rotatable bonds is 9. The van der Waals surface area contributed by atoms with Gasteiger partial charge < -0.3 is 9.64 Å². The minimum absolute atomic E-state index is 0.0707. The Labute approximate surface area is 203 Å². The van der Waals surface area contributed by atoms with Crippen molar-refractivity contribution in [3.05, 3.63) is 89.5 Å². The van der Waals surface area contributed by atoms with E-state index in [2.05, 4.69) is 0 Å². The fraction of sp³-hybridized carbons (Fsp3) is 0.222. The molecule has 4 rings (SSSR count). The van der Waals surface area contributed by atoms with E-state index in [4.69, 9.17) is 9.72 Å². The zero-order valence-corrected chi connectivity index (χ0v) is 20.3. The number of hydrogen-bond acceptors (Lipinski definition) is 6. The van der Waals surface area contributed by atoms with E-state index in [0.717, 1.165) is 10.2 Å². The van der Waals surface area contributed by atoms with Crippen LogP contribution in [0.4, 0.5) is 5.13 Å². The Kier molecular flexibility index (Phi) is 7.35. The highest BCUT2D eigenvalue weighted by Gasteiger charge is 2.23. The summed E-state index contributed by atoms with van der Waals surface area (Å²) in [6.45, 7) is 3.65. The van der Waals surface area contributed by atoms with E-state index in [1.165, 1.54) is 11.3 Å². The zero-order valence-electron chi connectivity index (χ0n) is 19.5. The van der Waals surface area contributed by atoms with Crippen LogP contribution in [0, 0.1) is 0 Å². The molecule has 0 aliphatic carbocycles. The second-order valence-electron chi connectivity index (χ2n) is 8.06. The summed E-state index contributed by atoms with van der Waals surface area (Å²) in [6, 6.07) is 21.8. The van der Waals surface area contributed by atoms with Gasteiger partial charge in [-0.1, -0.05) is 59.9 Å². The van der Waals surface area contributed by atoms with Crippen molar-refractivity contribution in [3.63, 3.8) is 0 Å². The fourth-order valence-electron chi connectivity index (χ4n) is 3.56. The number of amides is 1. The SMILES string of the molecule is CCOc1cccc2sc(N(CCN(C)C)C(=O)c3ccc(C(=O)c4ccccc4)cc3)nc12. The molecule has 0 radical (unpaired) electrons. The lowest BCUT2D eigenvalue weighted by Gasteiger charge is -2.22. The Balaban J connectivity index is 1.64. The van der Waals surface area contributed by atoms with Gasteiger partial charge in [0.05, 0.1) is 11.3 Å². The van der Waals surface area contributed by atoms with Gasteiger partial charge in [0, 0.05) is 29.8 Å². The molecule has 0 N–H and O–H groups in total. The van der Waals surface area contributed by atoms with Crippen LogP contribution in [-0.4, -0.2) is 55.4 Å². The molecule has 0 bridgehead atoms. The van der Waals surface area contributed by atoms with E-state index in [9.17, 15) is 9.59 Å². The average Bonchev–Trinajstić information content (AvgIpc) is 3.29. The Bertz CT molecular complexity index is 1280. The Morgan fingerprint density at radius 3 is 2.21 bits per heavy atom. The molecular formula is C27H27N3O3S. The highest BCUT2D eigenvalue weighted by atomic mass is 32.1. The van der Waals surface area contributed by atoms with Gasteiger partial charge in [0.15, 0.2) is 10.9 Å². The van der Waals surface area contributed by atoms with Crippen molar-refractivity contribution < 1.29 is 14.3 Å². The second-order valence-corrected chi connectivity index (χ2v) is 9.07. The van der Waals surface area contributed by atoms with E-state index in [1.54, 1.807) is 41.3 Å². The first-order valence-corrected chi connectivity index (χ1v) is 12.0. The van der Waals surface area contributed by atoms with Gasteiger partial charge >= 0.3 is 0 Å². The van der Waals surface area contributed by atoms with Crippen LogP contribution in [0.5, 0.6) is 5.75 Å². The summed E-state index contributed by atoms with van der Waals surface area (Å²) in [6.07, 6.45) is 0. The molecule has 0 aliphatic rings. The molecule has 0 spiro atoms. The maximum Gasteiger partial charge on any atom is 0.260 e. The van der Waals surface area contributed by atoms with Crippen LogP contribution in [0.15, 0.2) is 72.8 Å². The number of anilines is 1. The van der Waals surface area contributed by atoms with Crippen LogP contribution in [0.2, 0.25) is 0 Å². The average molecular weight is 474 g/mol. The van der Waals surface area contributed by atoms with E-state index < -0.39 is 0 Å². The molecular weight excluding hydrogens is 446 g/mol. The number of carbonyl (C=O) groups is 2. The third kappa shape index (κ3) is 5.16. The van der Waals surface area contributed by atoms with Gasteiger partial charge in [0.25, 0.3) is 5.91 Å². The monoisotopic (exact) mass is 473 g/mol. The predicted molar refractivity (Wildman–Crippen MR) is 137 cm³/mol. The molecule has 174 valence electrons. The van der Waals surface area contributed by atoms with Gasteiger partial charge in [-0.2, -0.15) is 0 Å². The summed E-state index contributed by atoms with van der Waals surface area (Å²) in [5.41, 5.74) is 2.43. The Morgan fingerprint density at radius 1 is 0.853 bits per heavy atom. The van der Waals surface area contributed by atoms with E-state index in [0.29, 0.717) is 47.3 Å². The largest absolute Gasteiger partial charge is 0.492 e. The summed E-state index contributed by atoms with van der Waals surface area (Å²) in [5.74, 6) is 0.488. The minimum atomic E-state index is -0.155. The van der Waals surface area contributed by atoms with Gasteiger partial charge in [-0.05, 0) is 45.3 Å². The number of likely N-dealkylation sites (N-methyl/N-ethyl adjacent to an activating group) is 1. The number of carbonyl (C=O) groups excluding carboxylic acids is 2. The molecule has 4 aromatic rings. The van der Waals surface area contributed by atoms with Gasteiger partial charge in [0.2, 0.25) is 0 Å². The first kappa shape index (κ1) is 23.6. The number of ketones is 1. The first-order valence-electron chi connectivity index (χ1n) is 11.2. The maximum atomic E-state index is 13.6. The smallest absolute Gasteiger partial charge is 0.260 e. The van der Waals surface area contributed by atoms with Crippen molar-refractivity contribution in [2.24, 2.45) is 0 Å². The molecule has 1 aromatic heterocycles. The number of aromatic nitrogens is 1. The topological polar surface area (TPSA) is 62.7 Å². The number of benzene rings is 3. The lowest BCUT2D eigenvalue weighted by molar-refractivity contribution is 0.0982. The second kappa shape index (κ2) is 10.6. The van der Waals surface area contributed by atoms with Gasteiger partial charge in [-0.3, -0.25) is 14.5 Å². The fourth-order valence-corrected chi connectivity index (χ4v) is 4.57. The molecule has 0 fully saturated rings. The molecule has 1 heterocycles. The third-order valence-corrected chi connectivity index (χ3v) is 6.39. The van der Waals surface area contributed by atoms with Crippen LogP contribution in [-0.2, 0) is 0 Å². The predicted octanol–water partition coefficient (Wildman–Crippen LogP) is 5.13. The summed E-state index contributed by atoms with van der Waals surface area (Å²) >= 11 is 1.47. The van der Waals surface area contributed by atoms with Gasteiger partial charge in [-0.15, -0.1) is 0 Å². The minimum Gasteiger partial charge on any atom is -0.492 e. The molecule has 0 atom stereocenters. The van der Waals surface area contributed by atoms with Gasteiger partial charge in [0.1, 0.15) is 11.3 Å². The molecule has 0 aliphatic heterocycles. The first-order chi connectivity index (χ1) is 16.5. The van der Waals surface area contributed by atoms with Crippen LogP contribution < -0.4 is 9.64 Å². The quantitative estimate of drug-likeness (QED) is 0.315. The van der Waals surface area contributed by atoms with Crippen LogP contribution >= 0.6 is 11.3 Å².